The molecule has 1 aromatic heterocycles. The maximum Gasteiger partial charge on any atom is 0.318 e. The van der Waals surface area contributed by atoms with E-state index in [0.717, 1.165) is 29.2 Å². The van der Waals surface area contributed by atoms with Crippen molar-refractivity contribution in [3.05, 3.63) is 92.3 Å². The third-order valence-corrected chi connectivity index (χ3v) is 4.91. The highest BCUT2D eigenvalue weighted by atomic mass is 16.6. The molecule has 11 nitrogen and oxygen atoms in total. The van der Waals surface area contributed by atoms with Crippen LogP contribution in [0.25, 0.3) is 22.7 Å². The van der Waals surface area contributed by atoms with Crippen LogP contribution in [0, 0.1) is 31.6 Å². The smallest absolute Gasteiger partial charge is 0.318 e. The molecule has 0 spiro atoms. The highest BCUT2D eigenvalue weighted by molar-refractivity contribution is 5.90. The van der Waals surface area contributed by atoms with Gasteiger partial charge in [-0.15, -0.1) is 0 Å². The summed E-state index contributed by atoms with van der Waals surface area (Å²) >= 11 is 0. The number of benzene rings is 3. The first-order chi connectivity index (χ1) is 16.9. The number of hydrogen-bond acceptors (Lipinski definition) is 8. The number of nitro benzene ring substituents is 2. The average Bonchev–Trinajstić information content (AvgIpc) is 3.28. The maximum atomic E-state index is 11.4. The highest BCUT2D eigenvalue weighted by Gasteiger charge is 2.22. The summed E-state index contributed by atoms with van der Waals surface area (Å²) in [5, 5.41) is 32.1. The number of nitrogens with one attached hydrogen (secondary N) is 1. The summed E-state index contributed by atoms with van der Waals surface area (Å²) in [6.45, 7) is 2.04. The van der Waals surface area contributed by atoms with Gasteiger partial charge in [-0.05, 0) is 48.9 Å². The number of nitro groups is 2. The molecule has 0 radical (unpaired) electrons. The third kappa shape index (κ3) is 4.91. The van der Waals surface area contributed by atoms with E-state index in [1.807, 2.05) is 24.3 Å². The Morgan fingerprint density at radius 3 is 2.51 bits per heavy atom. The Balaban J connectivity index is 1.70. The number of imidazole rings is 1. The molecule has 0 amide bonds. The van der Waals surface area contributed by atoms with Crippen molar-refractivity contribution in [2.45, 2.75) is 6.92 Å². The molecule has 0 aliphatic carbocycles. The number of ether oxygens (including phenoxy) is 2. The van der Waals surface area contributed by atoms with E-state index in [9.17, 15) is 25.5 Å². The Labute approximate surface area is 198 Å². The molecule has 4 aromatic rings. The van der Waals surface area contributed by atoms with E-state index in [4.69, 9.17) is 9.47 Å². The van der Waals surface area contributed by atoms with E-state index < -0.39 is 21.2 Å². The molecule has 0 bridgehead atoms. The van der Waals surface area contributed by atoms with Gasteiger partial charge in [0, 0.05) is 6.07 Å². The molecule has 174 valence electrons. The number of aromatic amines is 1. The molecule has 0 unspecified atom stereocenters. The van der Waals surface area contributed by atoms with E-state index in [0.29, 0.717) is 17.0 Å². The van der Waals surface area contributed by atoms with Crippen LogP contribution < -0.4 is 9.47 Å². The fourth-order valence-electron chi connectivity index (χ4n) is 3.33. The summed E-state index contributed by atoms with van der Waals surface area (Å²) in [4.78, 5) is 28.5. The van der Waals surface area contributed by atoms with E-state index in [2.05, 4.69) is 16.0 Å². The number of allylic oxidation sites excluding steroid dienone is 1. The second-order valence-corrected chi connectivity index (χ2v) is 7.18. The number of aromatic nitrogens is 2. The zero-order chi connectivity index (χ0) is 24.9. The lowest BCUT2D eigenvalue weighted by atomic mass is 10.1. The predicted molar refractivity (Wildman–Crippen MR) is 127 cm³/mol. The van der Waals surface area contributed by atoms with E-state index >= 15 is 0 Å². The molecular weight excluding hydrogens is 454 g/mol. The highest BCUT2D eigenvalue weighted by Crippen LogP contribution is 2.39. The Hall–Kier alpha value is -5.24. The number of nitriles is 1. The largest absolute Gasteiger partial charge is 0.490 e. The fraction of sp³-hybridized carbons (Fsp3) is 0.0833. The molecule has 0 fully saturated rings. The van der Waals surface area contributed by atoms with Crippen molar-refractivity contribution in [2.75, 3.05) is 6.61 Å². The Kier molecular flexibility index (Phi) is 6.37. The molecule has 3 aromatic carbocycles. The molecule has 0 saturated carbocycles. The van der Waals surface area contributed by atoms with Gasteiger partial charge in [-0.2, -0.15) is 5.26 Å². The number of non-ortho nitro benzene ring substituents is 1. The van der Waals surface area contributed by atoms with Gasteiger partial charge in [0.05, 0.1) is 39.1 Å². The molecule has 1 N–H and O–H groups in total. The zero-order valence-electron chi connectivity index (χ0n) is 18.3. The van der Waals surface area contributed by atoms with Gasteiger partial charge in [0.2, 0.25) is 5.75 Å². The van der Waals surface area contributed by atoms with Crippen LogP contribution in [0.1, 0.15) is 18.3 Å². The second kappa shape index (κ2) is 9.72. The summed E-state index contributed by atoms with van der Waals surface area (Å²) < 4.78 is 11.3. The first kappa shape index (κ1) is 22.9. The summed E-state index contributed by atoms with van der Waals surface area (Å²) in [5.74, 6) is 0.678. The standard InChI is InChI=1S/C24H17N5O6/c1-2-34-23-12-15(11-16(14-25)24-26-18-5-3-4-6-19(18)27-24)7-9-22(23)35-21-10-8-17(28(30)31)13-20(21)29(32)33/h3-13H,2H2,1H3,(H,26,27)/b16-11+. The lowest BCUT2D eigenvalue weighted by Gasteiger charge is -2.12. The molecule has 1 heterocycles. The molecule has 0 atom stereocenters. The molecular formula is C24H17N5O6. The number of para-hydroxylation sites is 2. The number of fused-ring (bicyclic) bond motifs is 1. The summed E-state index contributed by atoms with van der Waals surface area (Å²) in [6, 6.07) is 17.5. The van der Waals surface area contributed by atoms with Gasteiger partial charge in [0.1, 0.15) is 11.9 Å². The Morgan fingerprint density at radius 2 is 1.83 bits per heavy atom. The Bertz CT molecular complexity index is 1490. The summed E-state index contributed by atoms with van der Waals surface area (Å²) in [5.41, 5.74) is 1.45. The van der Waals surface area contributed by atoms with Crippen LogP contribution in [0.2, 0.25) is 0 Å². The van der Waals surface area contributed by atoms with E-state index in [1.165, 1.54) is 6.07 Å². The topological polar surface area (TPSA) is 157 Å². The minimum Gasteiger partial charge on any atom is -0.490 e. The van der Waals surface area contributed by atoms with Crippen LogP contribution in [0.3, 0.4) is 0 Å². The zero-order valence-corrected chi connectivity index (χ0v) is 18.3. The van der Waals surface area contributed by atoms with Crippen LogP contribution in [0.15, 0.2) is 60.7 Å². The molecule has 0 aliphatic rings. The van der Waals surface area contributed by atoms with Crippen molar-refractivity contribution in [3.63, 3.8) is 0 Å². The summed E-state index contributed by atoms with van der Waals surface area (Å²) in [6.07, 6.45) is 1.62. The van der Waals surface area contributed by atoms with Gasteiger partial charge in [0.15, 0.2) is 11.5 Å². The van der Waals surface area contributed by atoms with E-state index in [1.54, 1.807) is 25.1 Å². The minimum atomic E-state index is -0.758. The molecule has 11 heteroatoms. The lowest BCUT2D eigenvalue weighted by molar-refractivity contribution is -0.394. The first-order valence-electron chi connectivity index (χ1n) is 10.3. The number of H-pyrrole nitrogens is 1. The molecule has 4 rings (SSSR count). The van der Waals surface area contributed by atoms with E-state index in [-0.39, 0.29) is 23.9 Å². The van der Waals surface area contributed by atoms with Crippen LogP contribution >= 0.6 is 0 Å². The number of hydrogen-bond donors (Lipinski definition) is 1. The second-order valence-electron chi connectivity index (χ2n) is 7.18. The van der Waals surface area contributed by atoms with Crippen molar-refractivity contribution in [3.8, 4) is 23.3 Å². The van der Waals surface area contributed by atoms with Gasteiger partial charge >= 0.3 is 5.69 Å². The lowest BCUT2D eigenvalue weighted by Crippen LogP contribution is -1.99. The molecule has 0 aliphatic heterocycles. The van der Waals surface area contributed by atoms with Gasteiger partial charge in [0.25, 0.3) is 5.69 Å². The maximum absolute atomic E-state index is 11.4. The van der Waals surface area contributed by atoms with Crippen molar-refractivity contribution in [1.82, 2.24) is 9.97 Å². The van der Waals surface area contributed by atoms with Crippen molar-refractivity contribution < 1.29 is 19.3 Å². The monoisotopic (exact) mass is 471 g/mol. The number of nitrogens with zero attached hydrogens (tertiary/aromatic N) is 4. The van der Waals surface area contributed by atoms with Gasteiger partial charge in [-0.25, -0.2) is 4.98 Å². The quantitative estimate of drug-likeness (QED) is 0.197. The third-order valence-electron chi connectivity index (χ3n) is 4.91. The predicted octanol–water partition coefficient (Wildman–Crippen LogP) is 5.63. The molecule has 0 saturated heterocycles. The van der Waals surface area contributed by atoms with Crippen molar-refractivity contribution in [2.24, 2.45) is 0 Å². The first-order valence-corrected chi connectivity index (χ1v) is 10.3. The number of rotatable bonds is 8. The van der Waals surface area contributed by atoms with Crippen LogP contribution in [-0.4, -0.2) is 26.4 Å². The summed E-state index contributed by atoms with van der Waals surface area (Å²) in [7, 11) is 0. The fourth-order valence-corrected chi connectivity index (χ4v) is 3.33. The molecule has 35 heavy (non-hydrogen) atoms. The van der Waals surface area contributed by atoms with Crippen LogP contribution in [0.5, 0.6) is 17.2 Å². The van der Waals surface area contributed by atoms with Gasteiger partial charge in [-0.3, -0.25) is 20.2 Å². The SMILES string of the molecule is CCOc1cc(/C=C(\C#N)c2nc3ccccc3[nH]2)ccc1Oc1ccc([N+](=O)[O-])cc1[N+](=O)[O-]. The van der Waals surface area contributed by atoms with Crippen molar-refractivity contribution >= 4 is 34.1 Å². The van der Waals surface area contributed by atoms with Crippen LogP contribution in [0.4, 0.5) is 11.4 Å². The van der Waals surface area contributed by atoms with Crippen LogP contribution in [-0.2, 0) is 0 Å². The van der Waals surface area contributed by atoms with Crippen molar-refractivity contribution in [1.29, 1.82) is 5.26 Å². The normalized spacial score (nSPS) is 11.1. The minimum absolute atomic E-state index is 0.170. The van der Waals surface area contributed by atoms with Gasteiger partial charge in [-0.1, -0.05) is 18.2 Å². The average molecular weight is 471 g/mol. The van der Waals surface area contributed by atoms with Gasteiger partial charge < -0.3 is 14.5 Å². The Morgan fingerprint density at radius 1 is 1.06 bits per heavy atom.